The molecule has 0 aliphatic carbocycles. The van der Waals surface area contributed by atoms with E-state index in [2.05, 4.69) is 43.4 Å². The summed E-state index contributed by atoms with van der Waals surface area (Å²) in [6, 6.07) is 9.70. The summed E-state index contributed by atoms with van der Waals surface area (Å²) in [7, 11) is 0. The first-order valence-electron chi connectivity index (χ1n) is 5.64. The van der Waals surface area contributed by atoms with Gasteiger partial charge in [-0.3, -0.25) is 0 Å². The van der Waals surface area contributed by atoms with E-state index in [-0.39, 0.29) is 0 Å². The zero-order valence-electron chi connectivity index (χ0n) is 9.49. The number of rotatable bonds is 4. The molecule has 2 heteroatoms. The first-order valence-corrected chi connectivity index (χ1v) is 5.64. The van der Waals surface area contributed by atoms with Gasteiger partial charge in [-0.1, -0.05) is 24.3 Å². The fraction of sp³-hybridized carbons (Fsp3) is 0.538. The molecule has 1 aliphatic heterocycles. The third-order valence-electron chi connectivity index (χ3n) is 2.95. The molecule has 2 rings (SSSR count). The predicted molar refractivity (Wildman–Crippen MR) is 62.1 cm³/mol. The van der Waals surface area contributed by atoms with Gasteiger partial charge in [0, 0.05) is 6.04 Å². The summed E-state index contributed by atoms with van der Waals surface area (Å²) in [6.07, 6.45) is 1.10. The van der Waals surface area contributed by atoms with Crippen molar-refractivity contribution >= 4 is 0 Å². The van der Waals surface area contributed by atoms with Gasteiger partial charge >= 0.3 is 0 Å². The normalized spacial score (nSPS) is 18.5. The van der Waals surface area contributed by atoms with E-state index < -0.39 is 0 Å². The maximum atomic E-state index is 5.15. The van der Waals surface area contributed by atoms with E-state index in [1.165, 1.54) is 11.1 Å². The number of aryl methyl sites for hydroxylation is 1. The van der Waals surface area contributed by atoms with Crippen molar-refractivity contribution in [2.24, 2.45) is 0 Å². The average Bonchev–Trinajstić information content (AvgIpc) is 2.16. The van der Waals surface area contributed by atoms with Crippen LogP contribution in [0.1, 0.15) is 18.1 Å². The lowest BCUT2D eigenvalue weighted by Gasteiger charge is -2.30. The lowest BCUT2D eigenvalue weighted by atomic mass is 10.0. The van der Waals surface area contributed by atoms with Crippen LogP contribution in [-0.4, -0.2) is 25.3 Å². The van der Waals surface area contributed by atoms with Crippen LogP contribution < -0.4 is 5.32 Å². The molecule has 1 aromatic carbocycles. The quantitative estimate of drug-likeness (QED) is 0.810. The van der Waals surface area contributed by atoms with Crippen LogP contribution in [0.5, 0.6) is 0 Å². The van der Waals surface area contributed by atoms with Gasteiger partial charge < -0.3 is 10.1 Å². The Morgan fingerprint density at radius 1 is 1.40 bits per heavy atom. The first kappa shape index (κ1) is 10.7. The summed E-state index contributed by atoms with van der Waals surface area (Å²) >= 11 is 0. The van der Waals surface area contributed by atoms with Gasteiger partial charge in [-0.25, -0.2) is 0 Å². The van der Waals surface area contributed by atoms with Crippen molar-refractivity contribution in [3.63, 3.8) is 0 Å². The first-order chi connectivity index (χ1) is 7.25. The summed E-state index contributed by atoms with van der Waals surface area (Å²) in [6.45, 7) is 6.16. The van der Waals surface area contributed by atoms with Crippen LogP contribution in [0.3, 0.4) is 0 Å². The van der Waals surface area contributed by atoms with Crippen LogP contribution in [0.4, 0.5) is 0 Å². The van der Waals surface area contributed by atoms with Gasteiger partial charge in [0.1, 0.15) is 0 Å². The summed E-state index contributed by atoms with van der Waals surface area (Å²) in [5, 5.41) is 3.57. The Morgan fingerprint density at radius 2 is 2.13 bits per heavy atom. The average molecular weight is 205 g/mol. The maximum absolute atomic E-state index is 5.15. The molecule has 0 amide bonds. The molecule has 1 heterocycles. The van der Waals surface area contributed by atoms with Gasteiger partial charge in [0.2, 0.25) is 0 Å². The van der Waals surface area contributed by atoms with Crippen molar-refractivity contribution in [2.75, 3.05) is 13.2 Å². The van der Waals surface area contributed by atoms with Gasteiger partial charge in [0.05, 0.1) is 19.3 Å². The van der Waals surface area contributed by atoms with E-state index in [0.29, 0.717) is 12.1 Å². The molecule has 15 heavy (non-hydrogen) atoms. The highest BCUT2D eigenvalue weighted by molar-refractivity contribution is 5.26. The molecule has 1 aromatic rings. The van der Waals surface area contributed by atoms with Gasteiger partial charge in [-0.2, -0.15) is 0 Å². The lowest BCUT2D eigenvalue weighted by molar-refractivity contribution is -0.00909. The molecule has 0 saturated carbocycles. The molecule has 0 aromatic heterocycles. The Balaban J connectivity index is 1.87. The molecule has 1 N–H and O–H groups in total. The molecule has 2 nitrogen and oxygen atoms in total. The minimum absolute atomic E-state index is 0.528. The number of benzene rings is 1. The maximum Gasteiger partial charge on any atom is 0.0643 e. The fourth-order valence-corrected chi connectivity index (χ4v) is 1.96. The zero-order valence-corrected chi connectivity index (χ0v) is 9.49. The highest BCUT2D eigenvalue weighted by atomic mass is 16.5. The van der Waals surface area contributed by atoms with Gasteiger partial charge in [-0.15, -0.1) is 0 Å². The second kappa shape index (κ2) is 4.77. The SMILES string of the molecule is Cc1ccccc1CC(C)NC1COC1. The highest BCUT2D eigenvalue weighted by Crippen LogP contribution is 2.11. The fourth-order valence-electron chi connectivity index (χ4n) is 1.96. The molecule has 0 radical (unpaired) electrons. The molecular formula is C13H19NO. The van der Waals surface area contributed by atoms with Crippen molar-refractivity contribution in [3.05, 3.63) is 35.4 Å². The standard InChI is InChI=1S/C13H19NO/c1-10-5-3-4-6-12(10)7-11(2)14-13-8-15-9-13/h3-6,11,13-14H,7-9H2,1-2H3. The number of ether oxygens (including phenoxy) is 1. The summed E-state index contributed by atoms with van der Waals surface area (Å²) in [5.41, 5.74) is 2.83. The summed E-state index contributed by atoms with van der Waals surface area (Å²) < 4.78 is 5.15. The van der Waals surface area contributed by atoms with Crippen LogP contribution in [0.15, 0.2) is 24.3 Å². The Morgan fingerprint density at radius 3 is 2.73 bits per heavy atom. The van der Waals surface area contributed by atoms with Gasteiger partial charge in [0.15, 0.2) is 0 Å². The van der Waals surface area contributed by atoms with E-state index in [9.17, 15) is 0 Å². The third-order valence-corrected chi connectivity index (χ3v) is 2.95. The van der Waals surface area contributed by atoms with E-state index in [4.69, 9.17) is 4.74 Å². The van der Waals surface area contributed by atoms with Crippen LogP contribution in [0, 0.1) is 6.92 Å². The molecule has 1 fully saturated rings. The van der Waals surface area contributed by atoms with Crippen LogP contribution >= 0.6 is 0 Å². The van der Waals surface area contributed by atoms with E-state index in [1.807, 2.05) is 0 Å². The third kappa shape index (κ3) is 2.80. The number of hydrogen-bond donors (Lipinski definition) is 1. The second-order valence-electron chi connectivity index (χ2n) is 4.43. The van der Waals surface area contributed by atoms with Crippen molar-refractivity contribution in [1.29, 1.82) is 0 Å². The molecule has 1 atom stereocenters. The van der Waals surface area contributed by atoms with Crippen LogP contribution in [-0.2, 0) is 11.2 Å². The van der Waals surface area contributed by atoms with Gasteiger partial charge in [0.25, 0.3) is 0 Å². The summed E-state index contributed by atoms with van der Waals surface area (Å²) in [4.78, 5) is 0. The number of nitrogens with one attached hydrogen (secondary N) is 1. The van der Waals surface area contributed by atoms with Crippen molar-refractivity contribution in [3.8, 4) is 0 Å². The Bertz CT molecular complexity index is 320. The summed E-state index contributed by atoms with van der Waals surface area (Å²) in [5.74, 6) is 0. The minimum atomic E-state index is 0.528. The van der Waals surface area contributed by atoms with Crippen molar-refractivity contribution < 1.29 is 4.74 Å². The van der Waals surface area contributed by atoms with Crippen molar-refractivity contribution in [1.82, 2.24) is 5.32 Å². The molecule has 0 spiro atoms. The van der Waals surface area contributed by atoms with Gasteiger partial charge in [-0.05, 0) is 31.4 Å². The van der Waals surface area contributed by atoms with E-state index in [0.717, 1.165) is 19.6 Å². The topological polar surface area (TPSA) is 21.3 Å². The second-order valence-corrected chi connectivity index (χ2v) is 4.43. The Kier molecular flexibility index (Phi) is 3.39. The van der Waals surface area contributed by atoms with Crippen molar-refractivity contribution in [2.45, 2.75) is 32.4 Å². The smallest absolute Gasteiger partial charge is 0.0643 e. The molecule has 1 saturated heterocycles. The highest BCUT2D eigenvalue weighted by Gasteiger charge is 2.19. The van der Waals surface area contributed by atoms with Crippen LogP contribution in [0.25, 0.3) is 0 Å². The largest absolute Gasteiger partial charge is 0.378 e. The minimum Gasteiger partial charge on any atom is -0.378 e. The zero-order chi connectivity index (χ0) is 10.7. The predicted octanol–water partition coefficient (Wildman–Crippen LogP) is 1.91. The molecular weight excluding hydrogens is 186 g/mol. The monoisotopic (exact) mass is 205 g/mol. The molecule has 1 unspecified atom stereocenters. The van der Waals surface area contributed by atoms with E-state index in [1.54, 1.807) is 0 Å². The Hall–Kier alpha value is -0.860. The molecule has 82 valence electrons. The van der Waals surface area contributed by atoms with E-state index >= 15 is 0 Å². The number of hydrogen-bond acceptors (Lipinski definition) is 2. The molecule has 0 bridgehead atoms. The lowest BCUT2D eigenvalue weighted by Crippen LogP contribution is -2.50. The van der Waals surface area contributed by atoms with Crippen LogP contribution in [0.2, 0.25) is 0 Å². The Labute approximate surface area is 91.6 Å². The molecule has 1 aliphatic rings.